The number of anilines is 1. The quantitative estimate of drug-likeness (QED) is 0.888. The molecule has 3 rings (SSSR count). The van der Waals surface area contributed by atoms with Crippen LogP contribution in [0.2, 0.25) is 0 Å². The first-order valence-corrected chi connectivity index (χ1v) is 9.79. The highest BCUT2D eigenvalue weighted by atomic mass is 32.2. The smallest absolute Gasteiger partial charge is 0.272 e. The number of ether oxygens (including phenoxy) is 1. The van der Waals surface area contributed by atoms with E-state index in [0.717, 1.165) is 5.82 Å². The molecule has 1 aliphatic rings. The molecule has 6 nitrogen and oxygen atoms in total. The number of hydrogen-bond acceptors (Lipinski definition) is 5. The fraction of sp³-hybridized carbons (Fsp3) is 0.400. The van der Waals surface area contributed by atoms with Crippen molar-refractivity contribution in [2.45, 2.75) is 17.9 Å². The molecule has 2 aromatic heterocycles. The summed E-state index contributed by atoms with van der Waals surface area (Å²) in [7, 11) is -3.45. The molecule has 2 aromatic rings. The number of thiophene rings is 1. The highest BCUT2D eigenvalue weighted by Gasteiger charge is 2.27. The van der Waals surface area contributed by atoms with Crippen molar-refractivity contribution in [1.82, 2.24) is 4.31 Å². The normalized spacial score (nSPS) is 17.8. The molecular formula is C15H20N3O3S2+. The van der Waals surface area contributed by atoms with Gasteiger partial charge in [-0.15, -0.1) is 11.3 Å². The van der Waals surface area contributed by atoms with E-state index in [1.54, 1.807) is 23.5 Å². The standard InChI is InChI=1S/C15H19N3O3S2/c1-12(14-3-2-10-22-14)17-15-5-4-13(11-16-15)23(19,20)18-6-8-21-9-7-18/h2-5,10-12H,6-9H2,1H3,(H,16,17)/p+1/t12-/m0/s1. The van der Waals surface area contributed by atoms with Crippen LogP contribution in [0.1, 0.15) is 17.8 Å². The Bertz CT molecular complexity index is 724. The largest absolute Gasteiger partial charge is 0.379 e. The molecule has 23 heavy (non-hydrogen) atoms. The molecule has 1 aliphatic heterocycles. The SMILES string of the molecule is C[C@H](Nc1ccc(S(=O)(=O)N2CCOCC2)c[nH+]1)c1cccs1. The van der Waals surface area contributed by atoms with Gasteiger partial charge in [0.15, 0.2) is 0 Å². The van der Waals surface area contributed by atoms with Gasteiger partial charge >= 0.3 is 0 Å². The summed E-state index contributed by atoms with van der Waals surface area (Å²) in [5.41, 5.74) is 0. The number of H-pyrrole nitrogens is 1. The lowest BCUT2D eigenvalue weighted by atomic mass is 10.3. The third-order valence-electron chi connectivity index (χ3n) is 3.73. The number of aromatic nitrogens is 1. The van der Waals surface area contributed by atoms with Gasteiger partial charge in [-0.25, -0.2) is 13.4 Å². The van der Waals surface area contributed by atoms with Crippen LogP contribution in [0.25, 0.3) is 0 Å². The Morgan fingerprint density at radius 1 is 1.30 bits per heavy atom. The summed E-state index contributed by atoms with van der Waals surface area (Å²) in [6.45, 7) is 3.76. The molecule has 0 amide bonds. The molecule has 0 unspecified atom stereocenters. The Labute approximate surface area is 140 Å². The van der Waals surface area contributed by atoms with Gasteiger partial charge in [-0.3, -0.25) is 5.32 Å². The van der Waals surface area contributed by atoms with Gasteiger partial charge in [-0.1, -0.05) is 6.07 Å². The number of aromatic amines is 1. The molecule has 1 fully saturated rings. The number of nitrogens with one attached hydrogen (secondary N) is 2. The maximum Gasteiger partial charge on any atom is 0.272 e. The van der Waals surface area contributed by atoms with Gasteiger partial charge < -0.3 is 4.74 Å². The van der Waals surface area contributed by atoms with Crippen molar-refractivity contribution in [1.29, 1.82) is 0 Å². The fourth-order valence-corrected chi connectivity index (χ4v) is 4.55. The third-order valence-corrected chi connectivity index (χ3v) is 6.68. The molecule has 2 N–H and O–H groups in total. The number of nitrogens with zero attached hydrogens (tertiary/aromatic N) is 1. The van der Waals surface area contributed by atoms with E-state index in [1.165, 1.54) is 15.4 Å². The minimum atomic E-state index is -3.45. The molecule has 3 heterocycles. The van der Waals surface area contributed by atoms with Crippen LogP contribution in [0.3, 0.4) is 0 Å². The van der Waals surface area contributed by atoms with Gasteiger partial charge in [-0.2, -0.15) is 4.31 Å². The van der Waals surface area contributed by atoms with E-state index < -0.39 is 10.0 Å². The van der Waals surface area contributed by atoms with Crippen LogP contribution in [-0.4, -0.2) is 39.0 Å². The van der Waals surface area contributed by atoms with Crippen molar-refractivity contribution in [3.63, 3.8) is 0 Å². The van der Waals surface area contributed by atoms with Gasteiger partial charge in [0.1, 0.15) is 17.1 Å². The zero-order valence-corrected chi connectivity index (χ0v) is 14.5. The first kappa shape index (κ1) is 16.4. The van der Waals surface area contributed by atoms with Crippen LogP contribution in [0.15, 0.2) is 40.7 Å². The Hall–Kier alpha value is -1.48. The molecule has 0 radical (unpaired) electrons. The molecule has 1 atom stereocenters. The Morgan fingerprint density at radius 2 is 2.09 bits per heavy atom. The lowest BCUT2D eigenvalue weighted by Crippen LogP contribution is -2.40. The summed E-state index contributed by atoms with van der Waals surface area (Å²) < 4.78 is 31.7. The molecule has 0 aliphatic carbocycles. The van der Waals surface area contributed by atoms with E-state index in [1.807, 2.05) is 11.4 Å². The van der Waals surface area contributed by atoms with Crippen molar-refractivity contribution in [3.8, 4) is 0 Å². The van der Waals surface area contributed by atoms with E-state index >= 15 is 0 Å². The number of hydrogen-bond donors (Lipinski definition) is 1. The lowest BCUT2D eigenvalue weighted by molar-refractivity contribution is -0.364. The summed E-state index contributed by atoms with van der Waals surface area (Å²) in [5, 5.41) is 5.37. The highest BCUT2D eigenvalue weighted by Crippen LogP contribution is 2.22. The second-order valence-electron chi connectivity index (χ2n) is 5.34. The second kappa shape index (κ2) is 6.96. The van der Waals surface area contributed by atoms with Crippen molar-refractivity contribution in [2.24, 2.45) is 0 Å². The minimum absolute atomic E-state index is 0.160. The lowest BCUT2D eigenvalue weighted by Gasteiger charge is -2.25. The average Bonchev–Trinajstić information content (AvgIpc) is 3.11. The summed E-state index contributed by atoms with van der Waals surface area (Å²) >= 11 is 1.69. The van der Waals surface area contributed by atoms with Gasteiger partial charge in [0.2, 0.25) is 10.0 Å². The van der Waals surface area contributed by atoms with E-state index in [0.29, 0.717) is 26.3 Å². The van der Waals surface area contributed by atoms with E-state index in [4.69, 9.17) is 4.74 Å². The van der Waals surface area contributed by atoms with Crippen LogP contribution in [-0.2, 0) is 14.8 Å². The summed E-state index contributed by atoms with van der Waals surface area (Å²) in [6, 6.07) is 7.63. The van der Waals surface area contributed by atoms with Crippen LogP contribution in [0.5, 0.6) is 0 Å². The monoisotopic (exact) mass is 354 g/mol. The zero-order valence-electron chi connectivity index (χ0n) is 12.9. The van der Waals surface area contributed by atoms with Crippen molar-refractivity contribution in [2.75, 3.05) is 31.6 Å². The maximum atomic E-state index is 12.5. The van der Waals surface area contributed by atoms with Gasteiger partial charge in [0.25, 0.3) is 5.82 Å². The van der Waals surface area contributed by atoms with Crippen molar-refractivity contribution in [3.05, 3.63) is 40.7 Å². The molecule has 1 saturated heterocycles. The van der Waals surface area contributed by atoms with Crippen molar-refractivity contribution < 1.29 is 18.1 Å². The van der Waals surface area contributed by atoms with Gasteiger partial charge in [0, 0.05) is 24.0 Å². The minimum Gasteiger partial charge on any atom is -0.379 e. The zero-order chi connectivity index (χ0) is 16.3. The van der Waals surface area contributed by atoms with Crippen LogP contribution >= 0.6 is 11.3 Å². The predicted octanol–water partition coefficient (Wildman–Crippen LogP) is 1.76. The maximum absolute atomic E-state index is 12.5. The van der Waals surface area contributed by atoms with Crippen LogP contribution in [0, 0.1) is 0 Å². The topological polar surface area (TPSA) is 72.8 Å². The fourth-order valence-electron chi connectivity index (χ4n) is 2.44. The summed E-state index contributed by atoms with van der Waals surface area (Å²) in [6.07, 6.45) is 1.54. The summed E-state index contributed by atoms with van der Waals surface area (Å²) in [4.78, 5) is 4.53. The van der Waals surface area contributed by atoms with Crippen LogP contribution in [0.4, 0.5) is 5.82 Å². The molecule has 8 heteroatoms. The third kappa shape index (κ3) is 3.72. The highest BCUT2D eigenvalue weighted by molar-refractivity contribution is 7.89. The van der Waals surface area contributed by atoms with Gasteiger partial charge in [-0.05, 0) is 24.4 Å². The molecule has 124 valence electrons. The first-order valence-electron chi connectivity index (χ1n) is 7.47. The van der Waals surface area contributed by atoms with Crippen LogP contribution < -0.4 is 10.3 Å². The average molecular weight is 354 g/mol. The van der Waals surface area contributed by atoms with E-state index in [9.17, 15) is 8.42 Å². The number of pyridine rings is 1. The Morgan fingerprint density at radius 3 is 2.70 bits per heavy atom. The molecule has 0 bridgehead atoms. The molecule has 0 saturated carbocycles. The molecule has 0 spiro atoms. The molecular weight excluding hydrogens is 334 g/mol. The van der Waals surface area contributed by atoms with Crippen molar-refractivity contribution >= 4 is 27.2 Å². The predicted molar refractivity (Wildman–Crippen MR) is 88.9 cm³/mol. The Balaban J connectivity index is 1.71. The number of morpholine rings is 1. The van der Waals surface area contributed by atoms with E-state index in [2.05, 4.69) is 23.3 Å². The Kier molecular flexibility index (Phi) is 4.96. The van der Waals surface area contributed by atoms with Gasteiger partial charge in [0.05, 0.1) is 13.2 Å². The molecule has 0 aromatic carbocycles. The second-order valence-corrected chi connectivity index (χ2v) is 8.25. The van der Waals surface area contributed by atoms with E-state index in [-0.39, 0.29) is 10.9 Å². The summed E-state index contributed by atoms with van der Waals surface area (Å²) in [5.74, 6) is 0.784. The number of sulfonamides is 1. The number of rotatable bonds is 5. The first-order chi connectivity index (χ1) is 11.1.